The van der Waals surface area contributed by atoms with E-state index in [0.29, 0.717) is 16.5 Å². The SMILES string of the molecule is CC(=O)Oc1cc2oc(=O)c(C3=CC(=O)CC(C)O3)cc2c(C(C)C(C)OC(C)=O)c1C. The van der Waals surface area contributed by atoms with E-state index in [9.17, 15) is 19.2 Å². The molecule has 170 valence electrons. The van der Waals surface area contributed by atoms with Crippen molar-refractivity contribution in [1.29, 1.82) is 0 Å². The number of carbonyl (C=O) groups excluding carboxylic acids is 3. The molecule has 0 aliphatic carbocycles. The summed E-state index contributed by atoms with van der Waals surface area (Å²) in [5.41, 5.74) is 0.962. The second kappa shape index (κ2) is 8.98. The van der Waals surface area contributed by atoms with Crippen LogP contribution >= 0.6 is 0 Å². The maximum atomic E-state index is 12.7. The van der Waals surface area contributed by atoms with Crippen molar-refractivity contribution >= 4 is 34.5 Å². The molecule has 3 rings (SSSR count). The van der Waals surface area contributed by atoms with Gasteiger partial charge in [-0.05, 0) is 38.0 Å². The molecular formula is C24H26O8. The predicted molar refractivity (Wildman–Crippen MR) is 116 cm³/mol. The third kappa shape index (κ3) is 4.74. The van der Waals surface area contributed by atoms with Crippen LogP contribution < -0.4 is 10.4 Å². The highest BCUT2D eigenvalue weighted by Gasteiger charge is 2.27. The number of hydrogen-bond acceptors (Lipinski definition) is 8. The average molecular weight is 442 g/mol. The van der Waals surface area contributed by atoms with Crippen molar-refractivity contribution in [2.24, 2.45) is 0 Å². The Labute approximate surface area is 185 Å². The topological polar surface area (TPSA) is 109 Å². The molecule has 8 nitrogen and oxygen atoms in total. The van der Waals surface area contributed by atoms with Crippen LogP contribution in [0.4, 0.5) is 0 Å². The average Bonchev–Trinajstić information content (AvgIpc) is 2.66. The van der Waals surface area contributed by atoms with Gasteiger partial charge in [-0.2, -0.15) is 0 Å². The molecule has 0 N–H and O–H groups in total. The quantitative estimate of drug-likeness (QED) is 0.391. The summed E-state index contributed by atoms with van der Waals surface area (Å²) in [7, 11) is 0. The van der Waals surface area contributed by atoms with Crippen molar-refractivity contribution in [1.82, 2.24) is 0 Å². The van der Waals surface area contributed by atoms with Gasteiger partial charge in [0.1, 0.15) is 34.9 Å². The van der Waals surface area contributed by atoms with Crippen LogP contribution in [0, 0.1) is 6.92 Å². The number of esters is 2. The molecule has 0 bridgehead atoms. The Morgan fingerprint density at radius 2 is 1.81 bits per heavy atom. The number of ether oxygens (including phenoxy) is 3. The fourth-order valence-corrected chi connectivity index (χ4v) is 3.90. The third-order valence-electron chi connectivity index (χ3n) is 5.44. The molecule has 8 heteroatoms. The fourth-order valence-electron chi connectivity index (χ4n) is 3.90. The standard InChI is InChI=1S/C24H26O8/c1-11-7-17(27)8-21(29-11)19-9-18-22(32-24(19)28)10-20(31-16(6)26)13(3)23(18)12(2)14(4)30-15(5)25/h8-12,14H,7H2,1-6H3. The summed E-state index contributed by atoms with van der Waals surface area (Å²) < 4.78 is 22.0. The van der Waals surface area contributed by atoms with Crippen LogP contribution in [0.2, 0.25) is 0 Å². The second-order valence-corrected chi connectivity index (χ2v) is 8.08. The van der Waals surface area contributed by atoms with Crippen LogP contribution in [0.1, 0.15) is 63.6 Å². The Kier molecular flexibility index (Phi) is 6.52. The zero-order valence-electron chi connectivity index (χ0n) is 18.9. The molecule has 2 heterocycles. The van der Waals surface area contributed by atoms with Gasteiger partial charge in [-0.1, -0.05) is 6.92 Å². The van der Waals surface area contributed by atoms with E-state index in [1.165, 1.54) is 26.0 Å². The Bertz CT molecular complexity index is 1190. The molecule has 0 radical (unpaired) electrons. The Morgan fingerprint density at radius 1 is 1.12 bits per heavy atom. The predicted octanol–water partition coefficient (Wildman–Crippen LogP) is 3.80. The van der Waals surface area contributed by atoms with Gasteiger partial charge < -0.3 is 18.6 Å². The van der Waals surface area contributed by atoms with Gasteiger partial charge in [0.05, 0.1) is 0 Å². The van der Waals surface area contributed by atoms with Gasteiger partial charge in [-0.3, -0.25) is 14.4 Å². The number of benzene rings is 1. The summed E-state index contributed by atoms with van der Waals surface area (Å²) in [6.45, 7) is 9.74. The Balaban J connectivity index is 2.28. The molecule has 0 spiro atoms. The summed E-state index contributed by atoms with van der Waals surface area (Å²) in [5.74, 6) is -1.03. The molecule has 0 amide bonds. The second-order valence-electron chi connectivity index (χ2n) is 8.08. The number of carbonyl (C=O) groups is 3. The van der Waals surface area contributed by atoms with Crippen LogP contribution in [-0.2, 0) is 23.9 Å². The number of rotatable bonds is 5. The van der Waals surface area contributed by atoms with Crippen molar-refractivity contribution in [3.05, 3.63) is 45.3 Å². The van der Waals surface area contributed by atoms with Gasteiger partial charge in [0.2, 0.25) is 0 Å². The first-order valence-corrected chi connectivity index (χ1v) is 10.4. The first kappa shape index (κ1) is 23.2. The van der Waals surface area contributed by atoms with Crippen LogP contribution in [0.15, 0.2) is 27.4 Å². The van der Waals surface area contributed by atoms with Gasteiger partial charge in [0, 0.05) is 43.7 Å². The molecule has 1 aliphatic rings. The molecule has 1 aromatic heterocycles. The zero-order chi connectivity index (χ0) is 23.7. The van der Waals surface area contributed by atoms with Gasteiger partial charge in [-0.15, -0.1) is 0 Å². The molecule has 1 aliphatic heterocycles. The van der Waals surface area contributed by atoms with Crippen LogP contribution in [0.5, 0.6) is 5.75 Å². The van der Waals surface area contributed by atoms with Gasteiger partial charge >= 0.3 is 17.6 Å². The molecule has 3 atom stereocenters. The van der Waals surface area contributed by atoms with E-state index >= 15 is 0 Å². The molecule has 0 saturated carbocycles. The monoisotopic (exact) mass is 442 g/mol. The largest absolute Gasteiger partial charge is 0.489 e. The lowest BCUT2D eigenvalue weighted by molar-refractivity contribution is -0.146. The van der Waals surface area contributed by atoms with Gasteiger partial charge in [0.15, 0.2) is 5.78 Å². The number of hydrogen-bond donors (Lipinski definition) is 0. The van der Waals surface area contributed by atoms with E-state index < -0.39 is 23.7 Å². The van der Waals surface area contributed by atoms with Crippen molar-refractivity contribution in [2.45, 2.75) is 66.1 Å². The molecule has 1 aromatic carbocycles. The number of ketones is 1. The van der Waals surface area contributed by atoms with Gasteiger partial charge in [0.25, 0.3) is 0 Å². The van der Waals surface area contributed by atoms with E-state index in [0.717, 1.165) is 0 Å². The Morgan fingerprint density at radius 3 is 2.41 bits per heavy atom. The third-order valence-corrected chi connectivity index (χ3v) is 5.44. The minimum atomic E-state index is -0.685. The van der Waals surface area contributed by atoms with E-state index in [-0.39, 0.29) is 46.9 Å². The van der Waals surface area contributed by atoms with Crippen LogP contribution in [0.3, 0.4) is 0 Å². The lowest BCUT2D eigenvalue weighted by Crippen LogP contribution is -2.22. The van der Waals surface area contributed by atoms with Gasteiger partial charge in [-0.25, -0.2) is 4.79 Å². The fraction of sp³-hybridized carbons (Fsp3) is 0.417. The normalized spacial score (nSPS) is 17.9. The Hall–Kier alpha value is -3.42. The van der Waals surface area contributed by atoms with Crippen LogP contribution in [0.25, 0.3) is 16.7 Å². The van der Waals surface area contributed by atoms with E-state index in [4.69, 9.17) is 18.6 Å². The van der Waals surface area contributed by atoms with E-state index in [1.807, 2.05) is 6.92 Å². The first-order chi connectivity index (χ1) is 15.0. The van der Waals surface area contributed by atoms with E-state index in [2.05, 4.69) is 0 Å². The minimum absolute atomic E-state index is 0.116. The highest BCUT2D eigenvalue weighted by molar-refractivity contribution is 5.98. The summed E-state index contributed by atoms with van der Waals surface area (Å²) in [6.07, 6.45) is 0.648. The molecular weight excluding hydrogens is 416 g/mol. The number of allylic oxidation sites excluding steroid dienone is 1. The highest BCUT2D eigenvalue weighted by atomic mass is 16.5. The molecule has 2 aromatic rings. The van der Waals surface area contributed by atoms with Crippen molar-refractivity contribution < 1.29 is 33.0 Å². The van der Waals surface area contributed by atoms with E-state index in [1.54, 1.807) is 26.8 Å². The summed E-state index contributed by atoms with van der Waals surface area (Å²) in [5, 5.41) is 0.565. The maximum Gasteiger partial charge on any atom is 0.347 e. The minimum Gasteiger partial charge on any atom is -0.489 e. The molecule has 3 unspecified atom stereocenters. The zero-order valence-corrected chi connectivity index (χ0v) is 18.9. The summed E-state index contributed by atoms with van der Waals surface area (Å²) in [6, 6.07) is 3.09. The lowest BCUT2D eigenvalue weighted by Gasteiger charge is -2.25. The molecule has 32 heavy (non-hydrogen) atoms. The smallest absolute Gasteiger partial charge is 0.347 e. The van der Waals surface area contributed by atoms with Crippen LogP contribution in [-0.4, -0.2) is 29.9 Å². The van der Waals surface area contributed by atoms with Crippen molar-refractivity contribution in [3.8, 4) is 5.75 Å². The highest BCUT2D eigenvalue weighted by Crippen LogP contribution is 2.38. The summed E-state index contributed by atoms with van der Waals surface area (Å²) >= 11 is 0. The molecule has 0 saturated heterocycles. The van der Waals surface area contributed by atoms with Crippen molar-refractivity contribution in [2.75, 3.05) is 0 Å². The molecule has 0 fully saturated rings. The summed E-state index contributed by atoms with van der Waals surface area (Å²) in [4.78, 5) is 47.9. The lowest BCUT2D eigenvalue weighted by atomic mass is 9.88. The number of fused-ring (bicyclic) bond motifs is 1. The maximum absolute atomic E-state index is 12.7. The first-order valence-electron chi connectivity index (χ1n) is 10.4. The van der Waals surface area contributed by atoms with Crippen molar-refractivity contribution in [3.63, 3.8) is 0 Å².